The van der Waals surface area contributed by atoms with Gasteiger partial charge in [0.15, 0.2) is 11.5 Å². The Morgan fingerprint density at radius 3 is 2.54 bits per heavy atom. The molecule has 2 aromatic rings. The molecule has 0 aliphatic carbocycles. The molecule has 8 nitrogen and oxygen atoms in total. The van der Waals surface area contributed by atoms with Crippen LogP contribution in [0.4, 0.5) is 0 Å². The van der Waals surface area contributed by atoms with Crippen molar-refractivity contribution in [3.63, 3.8) is 0 Å². The second kappa shape index (κ2) is 9.79. The summed E-state index contributed by atoms with van der Waals surface area (Å²) in [5, 5.41) is 21.4. The summed E-state index contributed by atoms with van der Waals surface area (Å²) >= 11 is 0. The van der Waals surface area contributed by atoms with E-state index < -0.39 is 5.91 Å². The van der Waals surface area contributed by atoms with Gasteiger partial charge in [-0.1, -0.05) is 11.2 Å². The van der Waals surface area contributed by atoms with Gasteiger partial charge in [0.2, 0.25) is 5.91 Å². The van der Waals surface area contributed by atoms with Gasteiger partial charge in [0.25, 0.3) is 0 Å². The van der Waals surface area contributed by atoms with Crippen molar-refractivity contribution in [3.8, 4) is 23.6 Å². The van der Waals surface area contributed by atoms with Gasteiger partial charge in [0, 0.05) is 6.08 Å². The Labute approximate surface area is 163 Å². The first-order chi connectivity index (χ1) is 13.5. The molecule has 0 N–H and O–H groups in total. The van der Waals surface area contributed by atoms with Gasteiger partial charge in [-0.05, 0) is 37.6 Å². The molecule has 8 heteroatoms. The molecule has 0 unspecified atom stereocenters. The third-order valence-electron chi connectivity index (χ3n) is 3.99. The number of nitrogens with zero attached hydrogens (tertiary/aromatic N) is 4. The molecule has 1 aromatic carbocycles. The topological polar surface area (TPSA) is 112 Å². The summed E-state index contributed by atoms with van der Waals surface area (Å²) in [5.74, 6) is 1.34. The van der Waals surface area contributed by atoms with Crippen LogP contribution in [0.1, 0.15) is 22.6 Å². The second-order valence-corrected chi connectivity index (χ2v) is 5.85. The maximum atomic E-state index is 12.1. The maximum Gasteiger partial charge on any atom is 0.248 e. The van der Waals surface area contributed by atoms with E-state index in [2.05, 4.69) is 5.16 Å². The summed E-state index contributed by atoms with van der Waals surface area (Å²) < 4.78 is 16.3. The van der Waals surface area contributed by atoms with Gasteiger partial charge < -0.3 is 18.9 Å². The van der Waals surface area contributed by atoms with Gasteiger partial charge >= 0.3 is 0 Å². The van der Waals surface area contributed by atoms with Crippen molar-refractivity contribution < 1.29 is 18.8 Å². The molecule has 1 aromatic heterocycles. The van der Waals surface area contributed by atoms with Crippen LogP contribution in [0.2, 0.25) is 0 Å². The van der Waals surface area contributed by atoms with Crippen LogP contribution in [-0.4, -0.2) is 36.2 Å². The highest BCUT2D eigenvalue weighted by atomic mass is 16.5. The lowest BCUT2D eigenvalue weighted by Gasteiger charge is -2.13. The van der Waals surface area contributed by atoms with Crippen molar-refractivity contribution in [2.45, 2.75) is 20.5 Å². The first-order valence-corrected chi connectivity index (χ1v) is 8.43. The fourth-order valence-corrected chi connectivity index (χ4v) is 2.42. The number of rotatable bonds is 8. The number of methoxy groups -OCH3 is 1. The molecule has 144 valence electrons. The van der Waals surface area contributed by atoms with Crippen LogP contribution in [0, 0.1) is 36.5 Å². The number of hydrogen-bond donors (Lipinski definition) is 0. The average Bonchev–Trinajstić information content (AvgIpc) is 3.02. The minimum absolute atomic E-state index is 0.144. The SMILES string of the molecule is COc1cc(/C=C/C(=O)N(CC#N)CC#N)ccc1OCc1c(C)noc1C. The molecule has 0 saturated heterocycles. The quantitative estimate of drug-likeness (QED) is 0.511. The van der Waals surface area contributed by atoms with Gasteiger partial charge in [0.1, 0.15) is 25.5 Å². The van der Waals surface area contributed by atoms with Crippen LogP contribution < -0.4 is 9.47 Å². The first-order valence-electron chi connectivity index (χ1n) is 8.43. The van der Waals surface area contributed by atoms with Gasteiger partial charge in [-0.25, -0.2) is 0 Å². The smallest absolute Gasteiger partial charge is 0.248 e. The Morgan fingerprint density at radius 1 is 1.25 bits per heavy atom. The van der Waals surface area contributed by atoms with Crippen LogP contribution >= 0.6 is 0 Å². The molecule has 0 aliphatic rings. The number of amides is 1. The Bertz CT molecular complexity index is 915. The monoisotopic (exact) mass is 380 g/mol. The van der Waals surface area contributed by atoms with Crippen LogP contribution in [0.3, 0.4) is 0 Å². The van der Waals surface area contributed by atoms with E-state index in [0.29, 0.717) is 29.4 Å². The van der Waals surface area contributed by atoms with Crippen LogP contribution in [-0.2, 0) is 11.4 Å². The normalized spacial score (nSPS) is 10.3. The van der Waals surface area contributed by atoms with Crippen molar-refractivity contribution in [2.24, 2.45) is 0 Å². The van der Waals surface area contributed by atoms with Crippen LogP contribution in [0.5, 0.6) is 11.5 Å². The zero-order valence-corrected chi connectivity index (χ0v) is 15.9. The fourth-order valence-electron chi connectivity index (χ4n) is 2.42. The number of carbonyl (C=O) groups is 1. The molecule has 0 spiro atoms. The summed E-state index contributed by atoms with van der Waals surface area (Å²) in [6.07, 6.45) is 2.90. The van der Waals surface area contributed by atoms with Crippen molar-refractivity contribution in [2.75, 3.05) is 20.2 Å². The van der Waals surface area contributed by atoms with Gasteiger partial charge in [-0.2, -0.15) is 10.5 Å². The van der Waals surface area contributed by atoms with Gasteiger partial charge in [0.05, 0.1) is 30.5 Å². The predicted molar refractivity (Wildman–Crippen MR) is 100 cm³/mol. The molecule has 1 heterocycles. The predicted octanol–water partition coefficient (Wildman–Crippen LogP) is 2.77. The van der Waals surface area contributed by atoms with Crippen LogP contribution in [0.25, 0.3) is 6.08 Å². The van der Waals surface area contributed by atoms with E-state index in [9.17, 15) is 4.79 Å². The minimum atomic E-state index is -0.416. The number of aromatic nitrogens is 1. The molecule has 0 fully saturated rings. The molecule has 0 radical (unpaired) electrons. The number of aryl methyl sites for hydroxylation is 2. The molecular formula is C20H20N4O4. The molecule has 0 saturated carbocycles. The highest BCUT2D eigenvalue weighted by Crippen LogP contribution is 2.30. The Balaban J connectivity index is 2.11. The molecular weight excluding hydrogens is 360 g/mol. The third-order valence-corrected chi connectivity index (χ3v) is 3.99. The largest absolute Gasteiger partial charge is 0.493 e. The highest BCUT2D eigenvalue weighted by molar-refractivity contribution is 5.92. The molecule has 0 aliphatic heterocycles. The lowest BCUT2D eigenvalue weighted by Crippen LogP contribution is -2.30. The zero-order chi connectivity index (χ0) is 20.5. The number of nitriles is 2. The van der Waals surface area contributed by atoms with Crippen molar-refractivity contribution in [1.82, 2.24) is 10.1 Å². The Hall–Kier alpha value is -3.78. The highest BCUT2D eigenvalue weighted by Gasteiger charge is 2.12. The van der Waals surface area contributed by atoms with Gasteiger partial charge in [-0.15, -0.1) is 0 Å². The van der Waals surface area contributed by atoms with Crippen molar-refractivity contribution in [3.05, 3.63) is 46.9 Å². The summed E-state index contributed by atoms with van der Waals surface area (Å²) in [7, 11) is 1.53. The summed E-state index contributed by atoms with van der Waals surface area (Å²) in [4.78, 5) is 13.2. The number of benzene rings is 1. The lowest BCUT2D eigenvalue weighted by atomic mass is 10.1. The van der Waals surface area contributed by atoms with Crippen molar-refractivity contribution in [1.29, 1.82) is 10.5 Å². The number of carbonyl (C=O) groups excluding carboxylic acids is 1. The van der Waals surface area contributed by atoms with E-state index in [1.54, 1.807) is 24.3 Å². The molecule has 0 bridgehead atoms. The van der Waals surface area contributed by atoms with E-state index in [1.165, 1.54) is 13.2 Å². The van der Waals surface area contributed by atoms with Gasteiger partial charge in [-0.3, -0.25) is 4.79 Å². The lowest BCUT2D eigenvalue weighted by molar-refractivity contribution is -0.124. The fraction of sp³-hybridized carbons (Fsp3) is 0.300. The molecule has 28 heavy (non-hydrogen) atoms. The van der Waals surface area contributed by atoms with Crippen molar-refractivity contribution >= 4 is 12.0 Å². The Morgan fingerprint density at radius 2 is 1.96 bits per heavy atom. The molecule has 0 atom stereocenters. The molecule has 2 rings (SSSR count). The summed E-state index contributed by atoms with van der Waals surface area (Å²) in [6.45, 7) is 3.67. The first kappa shape index (κ1) is 20.5. The van der Waals surface area contributed by atoms with E-state index in [1.807, 2.05) is 26.0 Å². The standard InChI is InChI=1S/C20H20N4O4/c1-14-17(15(2)28-23-14)13-27-18-6-4-16(12-19(18)26-3)5-7-20(25)24(10-8-21)11-9-22/h4-7,12H,10-11,13H2,1-3H3/b7-5+. The van der Waals surface area contributed by atoms with E-state index >= 15 is 0 Å². The minimum Gasteiger partial charge on any atom is -0.493 e. The Kier molecular flexibility index (Phi) is 7.18. The molecule has 1 amide bonds. The maximum absolute atomic E-state index is 12.1. The number of ether oxygens (including phenoxy) is 2. The average molecular weight is 380 g/mol. The zero-order valence-electron chi connectivity index (χ0n) is 15.9. The summed E-state index contributed by atoms with van der Waals surface area (Å²) in [5.41, 5.74) is 2.37. The van der Waals surface area contributed by atoms with E-state index in [0.717, 1.165) is 16.2 Å². The number of hydrogen-bond acceptors (Lipinski definition) is 7. The van der Waals surface area contributed by atoms with Crippen LogP contribution in [0.15, 0.2) is 28.8 Å². The third kappa shape index (κ3) is 5.12. The summed E-state index contributed by atoms with van der Waals surface area (Å²) in [6, 6.07) is 8.97. The van der Waals surface area contributed by atoms with E-state index in [-0.39, 0.29) is 13.1 Å². The van der Waals surface area contributed by atoms with E-state index in [4.69, 9.17) is 24.5 Å². The second-order valence-electron chi connectivity index (χ2n) is 5.85.